The van der Waals surface area contributed by atoms with Crippen LogP contribution in [-0.2, 0) is 0 Å². The number of halogens is 1. The minimum absolute atomic E-state index is 0. The normalized spacial score (nSPS) is 19.5. The van der Waals surface area contributed by atoms with Crippen molar-refractivity contribution in [2.75, 3.05) is 45.2 Å². The summed E-state index contributed by atoms with van der Waals surface area (Å²) in [5, 5.41) is 0. The minimum atomic E-state index is 0. The summed E-state index contributed by atoms with van der Waals surface area (Å²) in [6.45, 7) is 4.44. The third kappa shape index (κ3) is 3.27. The van der Waals surface area contributed by atoms with Crippen LogP contribution in [0.25, 0.3) is 0 Å². The lowest BCUT2D eigenvalue weighted by atomic mass is 10.3. The molecule has 0 amide bonds. The van der Waals surface area contributed by atoms with Crippen LogP contribution < -0.4 is 28.9 Å². The van der Waals surface area contributed by atoms with Crippen LogP contribution in [0.5, 0.6) is 0 Å². The average Bonchev–Trinajstić information content (AvgIpc) is 2.19. The molecule has 1 fully saturated rings. The molecule has 15 heavy (non-hydrogen) atoms. The molecular formula is C10H17IN4. The van der Waals surface area contributed by atoms with Crippen molar-refractivity contribution < 1.29 is 28.5 Å². The largest absolute Gasteiger partial charge is 1.00 e. The first-order chi connectivity index (χ1) is 6.67. The maximum absolute atomic E-state index is 4.26. The van der Waals surface area contributed by atoms with Crippen LogP contribution in [0.15, 0.2) is 18.5 Å². The molecule has 1 aliphatic heterocycles. The van der Waals surface area contributed by atoms with E-state index in [1.165, 1.54) is 0 Å². The average molecular weight is 320 g/mol. The van der Waals surface area contributed by atoms with Crippen LogP contribution in [0.3, 0.4) is 0 Å². The molecule has 84 valence electrons. The fourth-order valence-electron chi connectivity index (χ4n) is 1.66. The van der Waals surface area contributed by atoms with Gasteiger partial charge in [0.05, 0.1) is 40.3 Å². The van der Waals surface area contributed by atoms with Gasteiger partial charge in [-0.05, 0) is 6.07 Å². The Balaban J connectivity index is 0.00000112. The summed E-state index contributed by atoms with van der Waals surface area (Å²) in [5.74, 6) is 0.868. The molecule has 0 saturated carbocycles. The van der Waals surface area contributed by atoms with Gasteiger partial charge in [0, 0.05) is 12.4 Å². The highest BCUT2D eigenvalue weighted by Gasteiger charge is 2.25. The summed E-state index contributed by atoms with van der Waals surface area (Å²) < 4.78 is 1.10. The molecule has 1 aliphatic rings. The number of likely N-dealkylation sites (N-methyl/N-ethyl adjacent to an activating group) is 1. The molecule has 1 saturated heterocycles. The molecule has 2 heterocycles. The first-order valence-corrected chi connectivity index (χ1v) is 5.01. The van der Waals surface area contributed by atoms with Gasteiger partial charge < -0.3 is 33.4 Å². The predicted octanol–water partition coefficient (Wildman–Crippen LogP) is -2.62. The summed E-state index contributed by atoms with van der Waals surface area (Å²) in [7, 11) is 4.53. The van der Waals surface area contributed by atoms with Gasteiger partial charge in [0.25, 0.3) is 0 Å². The Labute approximate surface area is 108 Å². The lowest BCUT2D eigenvalue weighted by Crippen LogP contribution is -3.00. The van der Waals surface area contributed by atoms with Gasteiger partial charge >= 0.3 is 0 Å². The highest BCUT2D eigenvalue weighted by Crippen LogP contribution is 2.11. The molecule has 0 aliphatic carbocycles. The predicted molar refractivity (Wildman–Crippen MR) is 56.1 cm³/mol. The van der Waals surface area contributed by atoms with Crippen molar-refractivity contribution in [2.45, 2.75) is 0 Å². The second-order valence-corrected chi connectivity index (χ2v) is 4.42. The molecule has 1 aromatic heterocycles. The van der Waals surface area contributed by atoms with Gasteiger partial charge in [0.2, 0.25) is 5.95 Å². The van der Waals surface area contributed by atoms with Gasteiger partial charge in [0.15, 0.2) is 0 Å². The highest BCUT2D eigenvalue weighted by molar-refractivity contribution is 5.28. The molecule has 0 aromatic carbocycles. The fourth-order valence-corrected chi connectivity index (χ4v) is 1.66. The number of quaternary nitrogens is 1. The van der Waals surface area contributed by atoms with E-state index in [2.05, 4.69) is 29.0 Å². The lowest BCUT2D eigenvalue weighted by molar-refractivity contribution is -0.890. The molecule has 2 rings (SSSR count). The van der Waals surface area contributed by atoms with E-state index in [1.807, 2.05) is 6.07 Å². The van der Waals surface area contributed by atoms with Crippen molar-refractivity contribution in [1.29, 1.82) is 0 Å². The number of nitrogens with zero attached hydrogens (tertiary/aromatic N) is 4. The number of anilines is 1. The van der Waals surface area contributed by atoms with Crippen molar-refractivity contribution >= 4 is 5.95 Å². The lowest BCUT2D eigenvalue weighted by Gasteiger charge is -2.38. The Morgan fingerprint density at radius 3 is 2.20 bits per heavy atom. The number of hydrogen-bond donors (Lipinski definition) is 0. The number of rotatable bonds is 1. The highest BCUT2D eigenvalue weighted by atomic mass is 127. The van der Waals surface area contributed by atoms with E-state index >= 15 is 0 Å². The van der Waals surface area contributed by atoms with Crippen LogP contribution in [0.1, 0.15) is 0 Å². The monoisotopic (exact) mass is 320 g/mol. The smallest absolute Gasteiger partial charge is 0.225 e. The van der Waals surface area contributed by atoms with Gasteiger partial charge in [-0.15, -0.1) is 0 Å². The van der Waals surface area contributed by atoms with E-state index in [9.17, 15) is 0 Å². The van der Waals surface area contributed by atoms with E-state index in [-0.39, 0.29) is 24.0 Å². The molecule has 0 bridgehead atoms. The summed E-state index contributed by atoms with van der Waals surface area (Å²) in [6, 6.07) is 1.85. The van der Waals surface area contributed by atoms with E-state index < -0.39 is 0 Å². The second-order valence-electron chi connectivity index (χ2n) is 4.42. The second kappa shape index (κ2) is 5.07. The Bertz CT molecular complexity index is 292. The van der Waals surface area contributed by atoms with E-state index in [1.54, 1.807) is 12.4 Å². The van der Waals surface area contributed by atoms with E-state index in [4.69, 9.17) is 0 Å². The summed E-state index contributed by atoms with van der Waals surface area (Å²) in [4.78, 5) is 10.8. The fraction of sp³-hybridized carbons (Fsp3) is 0.600. The first-order valence-electron chi connectivity index (χ1n) is 5.01. The Hall–Kier alpha value is -0.430. The number of piperazine rings is 1. The SMILES string of the molecule is C[N+]1(C)CCN(c2ncccn2)CC1.[I-]. The molecule has 0 atom stereocenters. The zero-order valence-electron chi connectivity index (χ0n) is 9.23. The van der Waals surface area contributed by atoms with E-state index in [0.717, 1.165) is 36.6 Å². The third-order valence-corrected chi connectivity index (χ3v) is 2.79. The first kappa shape index (κ1) is 12.6. The minimum Gasteiger partial charge on any atom is -1.00 e. The summed E-state index contributed by atoms with van der Waals surface area (Å²) in [5.41, 5.74) is 0. The quantitative estimate of drug-likeness (QED) is 0.419. The topological polar surface area (TPSA) is 29.0 Å². The zero-order valence-corrected chi connectivity index (χ0v) is 11.4. The van der Waals surface area contributed by atoms with Gasteiger partial charge in [-0.25, -0.2) is 9.97 Å². The Morgan fingerprint density at radius 2 is 1.67 bits per heavy atom. The maximum atomic E-state index is 4.26. The van der Waals surface area contributed by atoms with E-state index in [0.29, 0.717) is 0 Å². The molecule has 0 spiro atoms. The molecule has 4 nitrogen and oxygen atoms in total. The summed E-state index contributed by atoms with van der Waals surface area (Å²) >= 11 is 0. The number of aromatic nitrogens is 2. The molecular weight excluding hydrogens is 303 g/mol. The molecule has 0 unspecified atom stereocenters. The van der Waals surface area contributed by atoms with Crippen LogP contribution in [0, 0.1) is 0 Å². The molecule has 0 radical (unpaired) electrons. The third-order valence-electron chi connectivity index (χ3n) is 2.79. The van der Waals surface area contributed by atoms with Crippen molar-refractivity contribution in [2.24, 2.45) is 0 Å². The Morgan fingerprint density at radius 1 is 1.13 bits per heavy atom. The molecule has 5 heteroatoms. The van der Waals surface area contributed by atoms with Crippen molar-refractivity contribution in [3.05, 3.63) is 18.5 Å². The van der Waals surface area contributed by atoms with Crippen LogP contribution in [0.2, 0.25) is 0 Å². The van der Waals surface area contributed by atoms with Gasteiger partial charge in [-0.2, -0.15) is 0 Å². The van der Waals surface area contributed by atoms with Crippen molar-refractivity contribution in [1.82, 2.24) is 9.97 Å². The standard InChI is InChI=1S/C10H17N4.HI/c1-14(2)8-6-13(7-9-14)10-11-4-3-5-12-10;/h3-5H,6-9H2,1-2H3;1H/q+1;/p-1. The van der Waals surface area contributed by atoms with Crippen molar-refractivity contribution in [3.63, 3.8) is 0 Å². The van der Waals surface area contributed by atoms with Gasteiger partial charge in [0.1, 0.15) is 0 Å². The molecule has 0 N–H and O–H groups in total. The summed E-state index contributed by atoms with van der Waals surface area (Å²) in [6.07, 6.45) is 3.61. The van der Waals surface area contributed by atoms with Gasteiger partial charge in [-0.1, -0.05) is 0 Å². The van der Waals surface area contributed by atoms with Crippen LogP contribution >= 0.6 is 0 Å². The Kier molecular flexibility index (Phi) is 4.27. The van der Waals surface area contributed by atoms with Crippen LogP contribution in [0.4, 0.5) is 5.95 Å². The number of hydrogen-bond acceptors (Lipinski definition) is 3. The zero-order chi connectivity index (χ0) is 10.0. The maximum Gasteiger partial charge on any atom is 0.225 e. The van der Waals surface area contributed by atoms with Gasteiger partial charge in [-0.3, -0.25) is 0 Å². The van der Waals surface area contributed by atoms with Crippen LogP contribution in [-0.4, -0.2) is 54.7 Å². The van der Waals surface area contributed by atoms with Crippen molar-refractivity contribution in [3.8, 4) is 0 Å². The molecule has 1 aromatic rings.